The van der Waals surface area contributed by atoms with Gasteiger partial charge < -0.3 is 18.9 Å². The van der Waals surface area contributed by atoms with Crippen molar-refractivity contribution in [1.29, 1.82) is 0 Å². The number of carbonyl (C=O) groups excluding carboxylic acids is 2. The van der Waals surface area contributed by atoms with Crippen molar-refractivity contribution in [2.24, 2.45) is 11.3 Å². The van der Waals surface area contributed by atoms with Gasteiger partial charge in [0.15, 0.2) is 5.79 Å². The van der Waals surface area contributed by atoms with E-state index in [9.17, 15) is 9.59 Å². The average Bonchev–Trinajstić information content (AvgIpc) is 2.95. The zero-order valence-corrected chi connectivity index (χ0v) is 16.8. The topological polar surface area (TPSA) is 71.1 Å². The Bertz CT molecular complexity index is 676. The number of ether oxygens (including phenoxy) is 4. The molecule has 1 saturated heterocycles. The van der Waals surface area contributed by atoms with Crippen molar-refractivity contribution in [3.63, 3.8) is 0 Å². The van der Waals surface area contributed by atoms with Gasteiger partial charge in [-0.15, -0.1) is 0 Å². The molecule has 2 aliphatic carbocycles. The summed E-state index contributed by atoms with van der Waals surface area (Å²) < 4.78 is 22.5. The second-order valence-electron chi connectivity index (χ2n) is 8.60. The van der Waals surface area contributed by atoms with E-state index in [1.807, 2.05) is 20.8 Å². The van der Waals surface area contributed by atoms with Crippen molar-refractivity contribution in [2.75, 3.05) is 13.2 Å². The maximum absolute atomic E-state index is 13.0. The highest BCUT2D eigenvalue weighted by Gasteiger charge is 2.49. The van der Waals surface area contributed by atoms with E-state index < -0.39 is 17.2 Å². The van der Waals surface area contributed by atoms with E-state index in [0.29, 0.717) is 25.0 Å². The van der Waals surface area contributed by atoms with E-state index in [0.717, 1.165) is 30.6 Å². The molecule has 0 N–H and O–H groups in total. The van der Waals surface area contributed by atoms with E-state index in [-0.39, 0.29) is 24.6 Å². The molecule has 0 amide bonds. The van der Waals surface area contributed by atoms with E-state index in [4.69, 9.17) is 18.9 Å². The lowest BCUT2D eigenvalue weighted by Gasteiger charge is -2.43. The Balaban J connectivity index is 1.67. The first-order valence-corrected chi connectivity index (χ1v) is 9.70. The quantitative estimate of drug-likeness (QED) is 0.537. The second kappa shape index (κ2) is 7.40. The highest BCUT2D eigenvalue weighted by molar-refractivity contribution is 5.88. The van der Waals surface area contributed by atoms with Crippen molar-refractivity contribution >= 4 is 11.9 Å². The minimum absolute atomic E-state index is 0.00472. The van der Waals surface area contributed by atoms with Crippen LogP contribution in [0.3, 0.4) is 0 Å². The van der Waals surface area contributed by atoms with Crippen LogP contribution in [0.15, 0.2) is 23.5 Å². The predicted octanol–water partition coefficient (Wildman–Crippen LogP) is 3.65. The normalized spacial score (nSPS) is 32.1. The van der Waals surface area contributed by atoms with Crippen LogP contribution in [0.25, 0.3) is 0 Å². The number of fused-ring (bicyclic) bond motifs is 2. The molecule has 3 unspecified atom stereocenters. The first kappa shape index (κ1) is 20.1. The minimum atomic E-state index is -0.627. The Hall–Kier alpha value is -1.66. The Morgan fingerprint density at radius 3 is 2.70 bits per heavy atom. The van der Waals surface area contributed by atoms with Gasteiger partial charge in [0.2, 0.25) is 0 Å². The maximum atomic E-state index is 13.0. The van der Waals surface area contributed by atoms with Crippen molar-refractivity contribution in [1.82, 2.24) is 0 Å². The summed E-state index contributed by atoms with van der Waals surface area (Å²) in [5, 5.41) is 0. The van der Waals surface area contributed by atoms with Crippen molar-refractivity contribution in [2.45, 2.75) is 71.7 Å². The van der Waals surface area contributed by atoms with E-state index in [1.165, 1.54) is 0 Å². The van der Waals surface area contributed by atoms with E-state index in [1.54, 1.807) is 6.92 Å². The van der Waals surface area contributed by atoms with Crippen LogP contribution >= 0.6 is 0 Å². The van der Waals surface area contributed by atoms with E-state index >= 15 is 0 Å². The average molecular weight is 378 g/mol. The Morgan fingerprint density at radius 2 is 2.07 bits per heavy atom. The van der Waals surface area contributed by atoms with E-state index in [2.05, 4.69) is 6.58 Å². The lowest BCUT2D eigenvalue weighted by atomic mass is 9.63. The molecule has 1 aliphatic heterocycles. The maximum Gasteiger partial charge on any atom is 0.338 e. The first-order chi connectivity index (χ1) is 12.6. The summed E-state index contributed by atoms with van der Waals surface area (Å²) in [4.78, 5) is 24.9. The van der Waals surface area contributed by atoms with Crippen molar-refractivity contribution in [3.05, 3.63) is 23.5 Å². The van der Waals surface area contributed by atoms with Crippen LogP contribution in [-0.4, -0.2) is 37.0 Å². The molecule has 3 atom stereocenters. The standard InChI is InChI=1S/C21H30O6/c1-13(2)18(22)26-17-14(3)9-21(8-6-7-15(17)10-21)19(23)24-11-16-12-25-20(4,5)27-16/h14,16H,1,6-12H2,2-5H3. The number of allylic oxidation sites excluding steroid dienone is 2. The van der Waals surface area contributed by atoms with Crippen LogP contribution in [0.5, 0.6) is 0 Å². The summed E-state index contributed by atoms with van der Waals surface area (Å²) in [6, 6.07) is 0. The summed E-state index contributed by atoms with van der Waals surface area (Å²) >= 11 is 0. The summed E-state index contributed by atoms with van der Waals surface area (Å²) in [6.45, 7) is 11.6. The summed E-state index contributed by atoms with van der Waals surface area (Å²) in [5.74, 6) is -0.483. The molecule has 3 aliphatic rings. The van der Waals surface area contributed by atoms with Crippen LogP contribution in [0.1, 0.15) is 59.8 Å². The van der Waals surface area contributed by atoms with Gasteiger partial charge in [-0.25, -0.2) is 4.79 Å². The van der Waals surface area contributed by atoms with Gasteiger partial charge in [-0.2, -0.15) is 0 Å². The number of rotatable bonds is 5. The Labute approximate surface area is 160 Å². The smallest absolute Gasteiger partial charge is 0.338 e. The van der Waals surface area contributed by atoms with Gasteiger partial charge in [-0.3, -0.25) is 4.79 Å². The molecule has 0 radical (unpaired) electrons. The van der Waals surface area contributed by atoms with Crippen molar-refractivity contribution < 1.29 is 28.5 Å². The SMILES string of the molecule is C=C(C)C(=O)OC1=C2CCCC(C(=O)OCC3COC(C)(C)O3)(C2)CC1C. The molecule has 150 valence electrons. The molecule has 0 aromatic rings. The van der Waals surface area contributed by atoms with Crippen molar-refractivity contribution in [3.8, 4) is 0 Å². The van der Waals surface area contributed by atoms with Crippen LogP contribution in [0.2, 0.25) is 0 Å². The number of carbonyl (C=O) groups is 2. The van der Waals surface area contributed by atoms with Gasteiger partial charge >= 0.3 is 11.9 Å². The molecule has 0 spiro atoms. The summed E-state index contributed by atoms with van der Waals surface area (Å²) in [6.07, 6.45) is 3.54. The second-order valence-corrected chi connectivity index (χ2v) is 8.60. The van der Waals surface area contributed by atoms with Gasteiger partial charge in [0.05, 0.1) is 12.0 Å². The molecule has 3 rings (SSSR count). The zero-order valence-electron chi connectivity index (χ0n) is 16.8. The molecular formula is C21H30O6. The highest BCUT2D eigenvalue weighted by atomic mass is 16.7. The molecule has 0 aromatic carbocycles. The molecule has 2 fully saturated rings. The van der Waals surface area contributed by atoms with Gasteiger partial charge in [-0.1, -0.05) is 13.5 Å². The van der Waals surface area contributed by atoms with Crippen LogP contribution in [0.4, 0.5) is 0 Å². The Kier molecular flexibility index (Phi) is 5.50. The fourth-order valence-corrected chi connectivity index (χ4v) is 4.42. The lowest BCUT2D eigenvalue weighted by Crippen LogP contribution is -2.42. The molecule has 2 bridgehead atoms. The molecule has 1 heterocycles. The Morgan fingerprint density at radius 1 is 1.33 bits per heavy atom. The van der Waals surface area contributed by atoms with Gasteiger partial charge in [0.25, 0.3) is 0 Å². The monoisotopic (exact) mass is 378 g/mol. The molecule has 1 saturated carbocycles. The van der Waals surface area contributed by atoms with Crippen LogP contribution in [0, 0.1) is 11.3 Å². The third-order valence-electron chi connectivity index (χ3n) is 5.63. The first-order valence-electron chi connectivity index (χ1n) is 9.70. The van der Waals surface area contributed by atoms with Crippen LogP contribution < -0.4 is 0 Å². The summed E-state index contributed by atoms with van der Waals surface area (Å²) in [5.41, 5.74) is 0.915. The highest BCUT2D eigenvalue weighted by Crippen LogP contribution is 2.51. The fraction of sp³-hybridized carbons (Fsp3) is 0.714. The lowest BCUT2D eigenvalue weighted by molar-refractivity contribution is -0.169. The molecule has 27 heavy (non-hydrogen) atoms. The minimum Gasteiger partial charge on any atom is -0.462 e. The molecular weight excluding hydrogens is 348 g/mol. The number of hydrogen-bond donors (Lipinski definition) is 0. The summed E-state index contributed by atoms with van der Waals surface area (Å²) in [7, 11) is 0. The predicted molar refractivity (Wildman–Crippen MR) is 98.5 cm³/mol. The van der Waals surface area contributed by atoms with Crippen LogP contribution in [-0.2, 0) is 28.5 Å². The fourth-order valence-electron chi connectivity index (χ4n) is 4.42. The van der Waals surface area contributed by atoms with Gasteiger partial charge in [0.1, 0.15) is 18.5 Å². The zero-order chi connectivity index (χ0) is 19.8. The third-order valence-corrected chi connectivity index (χ3v) is 5.63. The number of esters is 2. The molecule has 6 nitrogen and oxygen atoms in total. The van der Waals surface area contributed by atoms with Gasteiger partial charge in [-0.05, 0) is 58.4 Å². The van der Waals surface area contributed by atoms with Gasteiger partial charge in [0, 0.05) is 11.5 Å². The molecule has 0 aromatic heterocycles. The molecule has 6 heteroatoms. The largest absolute Gasteiger partial charge is 0.462 e. The third kappa shape index (κ3) is 4.27. The number of hydrogen-bond acceptors (Lipinski definition) is 6.